The van der Waals surface area contributed by atoms with Gasteiger partial charge in [0.2, 0.25) is 0 Å². The van der Waals surface area contributed by atoms with Gasteiger partial charge in [-0.25, -0.2) is 0 Å². The minimum atomic E-state index is 0.0826. The van der Waals surface area contributed by atoms with Crippen LogP contribution in [0.5, 0.6) is 0 Å². The zero-order valence-corrected chi connectivity index (χ0v) is 14.5. The van der Waals surface area contributed by atoms with Crippen LogP contribution in [0.15, 0.2) is 24.3 Å². The molecule has 3 rings (SSSR count). The van der Waals surface area contributed by atoms with Crippen molar-refractivity contribution in [2.75, 3.05) is 0 Å². The summed E-state index contributed by atoms with van der Waals surface area (Å²) in [6.45, 7) is 12.2. The van der Waals surface area contributed by atoms with Gasteiger partial charge in [-0.2, -0.15) is 0 Å². The molecule has 0 atom stereocenters. The molecule has 1 N–H and O–H groups in total. The number of fused-ring (bicyclic) bond motifs is 1. The molecule has 118 valence electrons. The Morgan fingerprint density at radius 1 is 1.18 bits per heavy atom. The predicted molar refractivity (Wildman–Crippen MR) is 94.4 cm³/mol. The molecule has 2 nitrogen and oxygen atoms in total. The fraction of sp³-hybridized carbons (Fsp3) is 0.550. The standard InChI is InChI=1S/C20H28N2/c1-13(2)14-6-9-18-17(10-14)15(12-21-16-7-8-16)11-19(22-18)20(3,4)5/h6,9-11,13,16,21H,7-8,12H2,1-5H3. The zero-order chi connectivity index (χ0) is 15.9. The second kappa shape index (κ2) is 5.66. The van der Waals surface area contributed by atoms with E-state index in [1.807, 2.05) is 0 Å². The number of rotatable bonds is 4. The van der Waals surface area contributed by atoms with Crippen molar-refractivity contribution < 1.29 is 0 Å². The largest absolute Gasteiger partial charge is 0.310 e. The van der Waals surface area contributed by atoms with E-state index >= 15 is 0 Å². The molecular formula is C20H28N2. The molecule has 1 fully saturated rings. The second-order valence-corrected chi connectivity index (χ2v) is 8.00. The Hall–Kier alpha value is -1.41. The third-order valence-corrected chi connectivity index (χ3v) is 4.51. The van der Waals surface area contributed by atoms with Crippen molar-refractivity contribution in [3.8, 4) is 0 Å². The molecule has 22 heavy (non-hydrogen) atoms. The highest BCUT2D eigenvalue weighted by molar-refractivity contribution is 5.83. The topological polar surface area (TPSA) is 24.9 Å². The maximum absolute atomic E-state index is 4.92. The van der Waals surface area contributed by atoms with E-state index in [-0.39, 0.29) is 5.41 Å². The first-order chi connectivity index (χ1) is 10.3. The molecule has 0 saturated heterocycles. The molecule has 0 spiro atoms. The Morgan fingerprint density at radius 3 is 2.50 bits per heavy atom. The Morgan fingerprint density at radius 2 is 1.91 bits per heavy atom. The number of nitrogens with zero attached hydrogens (tertiary/aromatic N) is 1. The zero-order valence-electron chi connectivity index (χ0n) is 14.5. The smallest absolute Gasteiger partial charge is 0.0709 e. The molecule has 1 saturated carbocycles. The van der Waals surface area contributed by atoms with Crippen LogP contribution < -0.4 is 5.32 Å². The molecule has 1 aromatic heterocycles. The van der Waals surface area contributed by atoms with E-state index in [4.69, 9.17) is 4.98 Å². The molecule has 1 aliphatic rings. The Labute approximate surface area is 134 Å². The summed E-state index contributed by atoms with van der Waals surface area (Å²) in [5, 5.41) is 4.98. The van der Waals surface area contributed by atoms with Gasteiger partial charge in [-0.15, -0.1) is 0 Å². The van der Waals surface area contributed by atoms with Crippen LogP contribution in [-0.2, 0) is 12.0 Å². The van der Waals surface area contributed by atoms with Crippen LogP contribution in [0.4, 0.5) is 0 Å². The van der Waals surface area contributed by atoms with E-state index < -0.39 is 0 Å². The summed E-state index contributed by atoms with van der Waals surface area (Å²) >= 11 is 0. The van der Waals surface area contributed by atoms with Gasteiger partial charge in [0.15, 0.2) is 0 Å². The lowest BCUT2D eigenvalue weighted by atomic mass is 9.89. The lowest BCUT2D eigenvalue weighted by Gasteiger charge is -2.21. The maximum Gasteiger partial charge on any atom is 0.0709 e. The van der Waals surface area contributed by atoms with E-state index in [0.29, 0.717) is 5.92 Å². The van der Waals surface area contributed by atoms with Crippen LogP contribution in [0.1, 0.15) is 70.2 Å². The van der Waals surface area contributed by atoms with Crippen LogP contribution in [0, 0.1) is 0 Å². The van der Waals surface area contributed by atoms with Crippen molar-refractivity contribution in [2.24, 2.45) is 0 Å². The number of hydrogen-bond acceptors (Lipinski definition) is 2. The van der Waals surface area contributed by atoms with Gasteiger partial charge in [0.1, 0.15) is 0 Å². The monoisotopic (exact) mass is 296 g/mol. The van der Waals surface area contributed by atoms with Crippen molar-refractivity contribution >= 4 is 10.9 Å². The average Bonchev–Trinajstić information content (AvgIpc) is 3.27. The normalized spacial score (nSPS) is 15.7. The first kappa shape index (κ1) is 15.5. The third-order valence-electron chi connectivity index (χ3n) is 4.51. The summed E-state index contributed by atoms with van der Waals surface area (Å²) in [5.74, 6) is 0.552. The van der Waals surface area contributed by atoms with Crippen molar-refractivity contribution in [3.05, 3.63) is 41.1 Å². The Bertz CT molecular complexity index is 676. The SMILES string of the molecule is CC(C)c1ccc2nc(C(C)(C)C)cc(CNC3CC3)c2c1. The summed E-state index contributed by atoms with van der Waals surface area (Å²) in [4.78, 5) is 4.92. The quantitative estimate of drug-likeness (QED) is 0.867. The number of pyridine rings is 1. The molecular weight excluding hydrogens is 268 g/mol. The first-order valence-electron chi connectivity index (χ1n) is 8.52. The maximum atomic E-state index is 4.92. The fourth-order valence-electron chi connectivity index (χ4n) is 2.74. The number of hydrogen-bond donors (Lipinski definition) is 1. The van der Waals surface area contributed by atoms with Gasteiger partial charge < -0.3 is 5.32 Å². The van der Waals surface area contributed by atoms with E-state index in [9.17, 15) is 0 Å². The van der Waals surface area contributed by atoms with Gasteiger partial charge >= 0.3 is 0 Å². The van der Waals surface area contributed by atoms with E-state index in [1.54, 1.807) is 0 Å². The van der Waals surface area contributed by atoms with Gasteiger partial charge in [-0.1, -0.05) is 40.7 Å². The molecule has 0 amide bonds. The van der Waals surface area contributed by atoms with Crippen molar-refractivity contribution in [1.29, 1.82) is 0 Å². The van der Waals surface area contributed by atoms with E-state index in [1.165, 1.54) is 35.0 Å². The molecule has 1 aliphatic carbocycles. The van der Waals surface area contributed by atoms with Crippen LogP contribution in [0.3, 0.4) is 0 Å². The van der Waals surface area contributed by atoms with Crippen molar-refractivity contribution in [3.63, 3.8) is 0 Å². The molecule has 0 aliphatic heterocycles. The minimum Gasteiger partial charge on any atom is -0.310 e. The number of aromatic nitrogens is 1. The summed E-state index contributed by atoms with van der Waals surface area (Å²) in [6, 6.07) is 9.80. The highest BCUT2D eigenvalue weighted by Crippen LogP contribution is 2.29. The van der Waals surface area contributed by atoms with Gasteiger partial charge in [-0.3, -0.25) is 4.98 Å². The molecule has 0 bridgehead atoms. The summed E-state index contributed by atoms with van der Waals surface area (Å²) in [5.41, 5.74) is 5.18. The minimum absolute atomic E-state index is 0.0826. The number of benzene rings is 1. The number of nitrogens with one attached hydrogen (secondary N) is 1. The Balaban J connectivity index is 2.09. The molecule has 0 radical (unpaired) electrons. The fourth-order valence-corrected chi connectivity index (χ4v) is 2.74. The van der Waals surface area contributed by atoms with Gasteiger partial charge in [-0.05, 0) is 48.1 Å². The summed E-state index contributed by atoms with van der Waals surface area (Å²) in [7, 11) is 0. The molecule has 1 aromatic carbocycles. The highest BCUT2D eigenvalue weighted by atomic mass is 14.9. The van der Waals surface area contributed by atoms with Gasteiger partial charge in [0.05, 0.1) is 5.52 Å². The molecule has 1 heterocycles. The van der Waals surface area contributed by atoms with Gasteiger partial charge in [0, 0.05) is 29.1 Å². The van der Waals surface area contributed by atoms with Gasteiger partial charge in [0.25, 0.3) is 0 Å². The second-order valence-electron chi connectivity index (χ2n) is 8.00. The predicted octanol–water partition coefficient (Wildman–Crippen LogP) is 4.91. The summed E-state index contributed by atoms with van der Waals surface area (Å²) in [6.07, 6.45) is 2.65. The summed E-state index contributed by atoms with van der Waals surface area (Å²) < 4.78 is 0. The van der Waals surface area contributed by atoms with Crippen molar-refractivity contribution in [2.45, 2.75) is 71.4 Å². The van der Waals surface area contributed by atoms with E-state index in [2.05, 4.69) is 64.2 Å². The van der Waals surface area contributed by atoms with Crippen LogP contribution in [0.2, 0.25) is 0 Å². The average molecular weight is 296 g/mol. The molecule has 0 unspecified atom stereocenters. The third kappa shape index (κ3) is 3.33. The van der Waals surface area contributed by atoms with Crippen LogP contribution >= 0.6 is 0 Å². The van der Waals surface area contributed by atoms with Crippen LogP contribution in [0.25, 0.3) is 10.9 Å². The van der Waals surface area contributed by atoms with Crippen LogP contribution in [-0.4, -0.2) is 11.0 Å². The van der Waals surface area contributed by atoms with E-state index in [0.717, 1.165) is 18.1 Å². The first-order valence-corrected chi connectivity index (χ1v) is 8.52. The highest BCUT2D eigenvalue weighted by Gasteiger charge is 2.22. The lowest BCUT2D eigenvalue weighted by molar-refractivity contribution is 0.569. The lowest BCUT2D eigenvalue weighted by Crippen LogP contribution is -2.18. The Kier molecular flexibility index (Phi) is 3.98. The molecule has 2 heteroatoms. The van der Waals surface area contributed by atoms with Crippen molar-refractivity contribution in [1.82, 2.24) is 10.3 Å². The molecule has 2 aromatic rings.